The zero-order valence-corrected chi connectivity index (χ0v) is 17.7. The van der Waals surface area contributed by atoms with Gasteiger partial charge in [0.05, 0.1) is 12.1 Å². The predicted octanol–water partition coefficient (Wildman–Crippen LogP) is 5.58. The van der Waals surface area contributed by atoms with Crippen molar-refractivity contribution >= 4 is 32.8 Å². The van der Waals surface area contributed by atoms with Crippen LogP contribution >= 0.6 is 16.6 Å². The Morgan fingerprint density at radius 1 is 1.04 bits per heavy atom. The second-order valence-electron chi connectivity index (χ2n) is 7.32. The van der Waals surface area contributed by atoms with Crippen molar-refractivity contribution < 1.29 is 9.09 Å². The zero-order chi connectivity index (χ0) is 18.9. The maximum absolute atomic E-state index is 13.0. The number of aromatic nitrogens is 1. The van der Waals surface area contributed by atoms with Gasteiger partial charge < -0.3 is 9.09 Å². The smallest absolute Gasteiger partial charge is 0.111 e. The summed E-state index contributed by atoms with van der Waals surface area (Å²) in [5.74, 6) is 0.339. The SMILES string of the molecule is CC(C)c1ccc2cc(-c3ccc(COP)cc3)cc(P(C)(C)=O)c2n1. The standard InChI is InChI=1S/C21H25NO2P2/c1-14(2)19-10-9-17-11-18(12-20(21(17)22-19)26(3,4)23)16-7-5-15(6-8-16)13-24-25/h5-12,14H,13,25H2,1-4H3. The lowest BCUT2D eigenvalue weighted by atomic mass is 10.0. The van der Waals surface area contributed by atoms with Gasteiger partial charge in [-0.1, -0.05) is 44.2 Å². The molecule has 0 aliphatic heterocycles. The van der Waals surface area contributed by atoms with E-state index in [-0.39, 0.29) is 0 Å². The summed E-state index contributed by atoms with van der Waals surface area (Å²) >= 11 is 0. The average molecular weight is 385 g/mol. The van der Waals surface area contributed by atoms with Gasteiger partial charge in [-0.3, -0.25) is 4.98 Å². The van der Waals surface area contributed by atoms with Crippen LogP contribution in [0.25, 0.3) is 22.0 Å². The van der Waals surface area contributed by atoms with E-state index < -0.39 is 7.14 Å². The van der Waals surface area contributed by atoms with E-state index in [0.717, 1.165) is 38.6 Å². The number of pyridine rings is 1. The van der Waals surface area contributed by atoms with Crippen molar-refractivity contribution in [2.75, 3.05) is 13.3 Å². The summed E-state index contributed by atoms with van der Waals surface area (Å²) in [4.78, 5) is 4.82. The minimum absolute atomic E-state index is 0.339. The largest absolute Gasteiger partial charge is 0.361 e. The van der Waals surface area contributed by atoms with Crippen molar-refractivity contribution in [1.29, 1.82) is 0 Å². The van der Waals surface area contributed by atoms with Crippen LogP contribution in [0, 0.1) is 0 Å². The van der Waals surface area contributed by atoms with Crippen LogP contribution in [0.2, 0.25) is 0 Å². The minimum atomic E-state index is -2.47. The number of rotatable bonds is 5. The minimum Gasteiger partial charge on any atom is -0.361 e. The van der Waals surface area contributed by atoms with Crippen molar-refractivity contribution in [3.63, 3.8) is 0 Å². The molecule has 0 aliphatic rings. The molecule has 1 aromatic heterocycles. The maximum atomic E-state index is 13.0. The Morgan fingerprint density at radius 2 is 1.73 bits per heavy atom. The van der Waals surface area contributed by atoms with Crippen molar-refractivity contribution in [2.24, 2.45) is 0 Å². The maximum Gasteiger partial charge on any atom is 0.111 e. The van der Waals surface area contributed by atoms with E-state index in [4.69, 9.17) is 9.51 Å². The predicted molar refractivity (Wildman–Crippen MR) is 115 cm³/mol. The third kappa shape index (κ3) is 4.07. The topological polar surface area (TPSA) is 39.2 Å². The van der Waals surface area contributed by atoms with Crippen LogP contribution < -0.4 is 5.30 Å². The molecular formula is C21H25NO2P2. The molecule has 0 saturated heterocycles. The van der Waals surface area contributed by atoms with Gasteiger partial charge >= 0.3 is 0 Å². The second-order valence-corrected chi connectivity index (χ2v) is 10.8. The molecule has 2 aromatic carbocycles. The molecular weight excluding hydrogens is 360 g/mol. The molecule has 1 heterocycles. The number of hydrogen-bond acceptors (Lipinski definition) is 3. The van der Waals surface area contributed by atoms with Gasteiger partial charge in [0, 0.05) is 25.9 Å². The fourth-order valence-electron chi connectivity index (χ4n) is 3.02. The highest BCUT2D eigenvalue weighted by atomic mass is 31.2. The highest BCUT2D eigenvalue weighted by Gasteiger charge is 2.18. The first kappa shape index (κ1) is 19.2. The van der Waals surface area contributed by atoms with Gasteiger partial charge in [-0.25, -0.2) is 0 Å². The molecule has 5 heteroatoms. The van der Waals surface area contributed by atoms with Crippen LogP contribution in [-0.4, -0.2) is 18.3 Å². The molecule has 26 heavy (non-hydrogen) atoms. The molecule has 0 bridgehead atoms. The van der Waals surface area contributed by atoms with Crippen LogP contribution in [-0.2, 0) is 15.7 Å². The molecule has 0 spiro atoms. The fourth-order valence-corrected chi connectivity index (χ4v) is 4.35. The third-order valence-electron chi connectivity index (χ3n) is 4.50. The molecule has 0 saturated carbocycles. The first-order valence-electron chi connectivity index (χ1n) is 8.71. The van der Waals surface area contributed by atoms with Crippen molar-refractivity contribution in [3.8, 4) is 11.1 Å². The molecule has 1 unspecified atom stereocenters. The lowest BCUT2D eigenvalue weighted by molar-refractivity contribution is 0.362. The molecule has 3 nitrogen and oxygen atoms in total. The van der Waals surface area contributed by atoms with Gasteiger partial charge in [0.15, 0.2) is 0 Å². The normalized spacial score (nSPS) is 12.1. The number of fused-ring (bicyclic) bond motifs is 1. The fraction of sp³-hybridized carbons (Fsp3) is 0.286. The highest BCUT2D eigenvalue weighted by Crippen LogP contribution is 2.39. The summed E-state index contributed by atoms with van der Waals surface area (Å²) < 4.78 is 18.1. The van der Waals surface area contributed by atoms with E-state index in [1.165, 1.54) is 0 Å². The number of hydrogen-bond donors (Lipinski definition) is 0. The van der Waals surface area contributed by atoms with Crippen molar-refractivity contribution in [3.05, 3.63) is 59.8 Å². The van der Waals surface area contributed by atoms with E-state index in [1.807, 2.05) is 19.4 Å². The molecule has 0 amide bonds. The monoisotopic (exact) mass is 385 g/mol. The van der Waals surface area contributed by atoms with Crippen molar-refractivity contribution in [2.45, 2.75) is 26.4 Å². The molecule has 0 fully saturated rings. The average Bonchev–Trinajstić information content (AvgIpc) is 2.60. The molecule has 3 aromatic rings. The van der Waals surface area contributed by atoms with Crippen molar-refractivity contribution in [1.82, 2.24) is 4.98 Å². The Bertz CT molecular complexity index is 975. The molecule has 0 N–H and O–H groups in total. The lowest BCUT2D eigenvalue weighted by Crippen LogP contribution is -2.08. The van der Waals surface area contributed by atoms with Gasteiger partial charge in [0.1, 0.15) is 7.14 Å². The summed E-state index contributed by atoms with van der Waals surface area (Å²) in [7, 11) is -0.197. The highest BCUT2D eigenvalue weighted by molar-refractivity contribution is 7.70. The molecule has 0 aliphatic carbocycles. The summed E-state index contributed by atoms with van der Waals surface area (Å²) in [6.07, 6.45) is 0. The van der Waals surface area contributed by atoms with Gasteiger partial charge in [0.25, 0.3) is 0 Å². The molecule has 0 radical (unpaired) electrons. The van der Waals surface area contributed by atoms with E-state index in [9.17, 15) is 4.57 Å². The summed E-state index contributed by atoms with van der Waals surface area (Å²) in [5, 5.41) is 1.88. The van der Waals surface area contributed by atoms with Crippen LogP contribution in [0.5, 0.6) is 0 Å². The van der Waals surface area contributed by atoms with E-state index in [1.54, 1.807) is 0 Å². The van der Waals surface area contributed by atoms with Crippen LogP contribution in [0.4, 0.5) is 0 Å². The molecule has 3 rings (SSSR count). The molecule has 136 valence electrons. The summed E-state index contributed by atoms with van der Waals surface area (Å²) in [5.41, 5.74) is 5.17. The Kier molecular flexibility index (Phi) is 5.63. The Hall–Kier alpha value is -1.53. The van der Waals surface area contributed by atoms with Gasteiger partial charge in [0.2, 0.25) is 0 Å². The van der Waals surface area contributed by atoms with E-state index in [2.05, 4.69) is 65.8 Å². The first-order chi connectivity index (χ1) is 12.3. The van der Waals surface area contributed by atoms with Crippen LogP contribution in [0.15, 0.2) is 48.5 Å². The quantitative estimate of drug-likeness (QED) is 0.538. The number of nitrogens with zero attached hydrogens (tertiary/aromatic N) is 1. The van der Waals surface area contributed by atoms with Gasteiger partial charge in [-0.05, 0) is 54.1 Å². The first-order valence-corrected chi connectivity index (χ1v) is 11.8. The number of benzene rings is 2. The van der Waals surface area contributed by atoms with Gasteiger partial charge in [-0.15, -0.1) is 0 Å². The van der Waals surface area contributed by atoms with Crippen LogP contribution in [0.3, 0.4) is 0 Å². The second kappa shape index (κ2) is 7.61. The Morgan fingerprint density at radius 3 is 2.31 bits per heavy atom. The summed E-state index contributed by atoms with van der Waals surface area (Å²) in [6.45, 7) is 8.44. The molecule has 1 atom stereocenters. The lowest BCUT2D eigenvalue weighted by Gasteiger charge is -2.15. The zero-order valence-electron chi connectivity index (χ0n) is 15.7. The van der Waals surface area contributed by atoms with E-state index in [0.29, 0.717) is 12.5 Å². The van der Waals surface area contributed by atoms with E-state index >= 15 is 0 Å². The summed E-state index contributed by atoms with van der Waals surface area (Å²) in [6, 6.07) is 16.6. The van der Waals surface area contributed by atoms with Gasteiger partial charge in [-0.2, -0.15) is 0 Å². The Labute approximate surface area is 157 Å². The third-order valence-corrected chi connectivity index (χ3v) is 6.17. The Balaban J connectivity index is 2.18. The van der Waals surface area contributed by atoms with Crippen LogP contribution in [0.1, 0.15) is 31.0 Å².